The average Bonchev–Trinajstić information content (AvgIpc) is 4.13. The Morgan fingerprint density at radius 3 is 1.03 bits per heavy atom. The van der Waals surface area contributed by atoms with Crippen molar-refractivity contribution in [2.75, 3.05) is 0 Å². The van der Waals surface area contributed by atoms with Crippen LogP contribution in [0.15, 0.2) is 217 Å². The highest BCUT2D eigenvalue weighted by atomic mass is 16.3. The van der Waals surface area contributed by atoms with Gasteiger partial charge in [-0.25, -0.2) is 0 Å². The van der Waals surface area contributed by atoms with Gasteiger partial charge >= 0.3 is 0 Å². The maximum absolute atomic E-state index is 6.33. The Morgan fingerprint density at radius 1 is 0.264 bits per heavy atom. The second kappa shape index (κ2) is 15.4. The molecule has 72 heavy (non-hydrogen) atoms. The number of aromatic nitrogens is 3. The van der Waals surface area contributed by atoms with Crippen LogP contribution in [0.5, 0.6) is 0 Å². The smallest absolute Gasteiger partial charge is 0.135 e. The molecule has 0 aliphatic heterocycles. The van der Waals surface area contributed by atoms with Crippen LogP contribution in [0.25, 0.3) is 127 Å². The molecule has 4 heteroatoms. The zero-order chi connectivity index (χ0) is 48.6. The van der Waals surface area contributed by atoms with Gasteiger partial charge in [-0.1, -0.05) is 133 Å². The summed E-state index contributed by atoms with van der Waals surface area (Å²) in [6.45, 7) is 13.8. The molecule has 0 fully saturated rings. The van der Waals surface area contributed by atoms with Crippen LogP contribution in [0.4, 0.5) is 0 Å². The molecule has 346 valence electrons. The van der Waals surface area contributed by atoms with Gasteiger partial charge in [0, 0.05) is 60.2 Å². The maximum Gasteiger partial charge on any atom is 0.135 e. The standard InChI is InChI=1S/C68H53N3O/c1-67(2,3)46-25-32-63-56(39-46)54-37-44(21-28-59(54)69(63)48-15-9-7-10-16-48)42-23-30-61-52(35-42)53-36-43(24-31-62(53)71(61)50-27-34-66-58(41-50)51-19-13-14-20-65(51)72-66)45-22-29-60-55(38-45)57-40-47(68(4,5)6)26-33-64(57)70(60)49-17-11-8-12-18-49/h7-41H,1-6H3. The van der Waals surface area contributed by atoms with Crippen LogP contribution in [0.1, 0.15) is 52.7 Å². The van der Waals surface area contributed by atoms with Crippen molar-refractivity contribution in [1.29, 1.82) is 0 Å². The number of nitrogens with zero attached hydrogens (tertiary/aromatic N) is 3. The lowest BCUT2D eigenvalue weighted by atomic mass is 9.86. The van der Waals surface area contributed by atoms with E-state index in [1.807, 2.05) is 6.07 Å². The zero-order valence-electron chi connectivity index (χ0n) is 41.5. The Hall–Kier alpha value is -8.60. The van der Waals surface area contributed by atoms with E-state index in [0.29, 0.717) is 0 Å². The third kappa shape index (κ3) is 6.52. The lowest BCUT2D eigenvalue weighted by Crippen LogP contribution is -2.10. The summed E-state index contributed by atoms with van der Waals surface area (Å²) in [6, 6.07) is 78.8. The van der Waals surface area contributed by atoms with Crippen LogP contribution in [0.2, 0.25) is 0 Å². The second-order valence-corrected chi connectivity index (χ2v) is 21.8. The fourth-order valence-corrected chi connectivity index (χ4v) is 11.6. The van der Waals surface area contributed by atoms with Gasteiger partial charge in [0.25, 0.3) is 0 Å². The molecule has 0 radical (unpaired) electrons. The molecule has 10 aromatic carbocycles. The van der Waals surface area contributed by atoms with E-state index in [0.717, 1.165) is 50.0 Å². The Morgan fingerprint density at radius 2 is 0.611 bits per heavy atom. The highest BCUT2D eigenvalue weighted by Gasteiger charge is 2.22. The van der Waals surface area contributed by atoms with Gasteiger partial charge < -0.3 is 18.1 Å². The topological polar surface area (TPSA) is 27.9 Å². The number of rotatable bonds is 5. The van der Waals surface area contributed by atoms with Gasteiger partial charge in [-0.3, -0.25) is 0 Å². The van der Waals surface area contributed by atoms with Crippen LogP contribution >= 0.6 is 0 Å². The molecule has 0 aliphatic carbocycles. The van der Waals surface area contributed by atoms with E-state index in [4.69, 9.17) is 4.42 Å². The van der Waals surface area contributed by atoms with Gasteiger partial charge in [0.1, 0.15) is 11.2 Å². The third-order valence-corrected chi connectivity index (χ3v) is 15.3. The highest BCUT2D eigenvalue weighted by molar-refractivity contribution is 6.15. The van der Waals surface area contributed by atoms with Crippen molar-refractivity contribution in [3.05, 3.63) is 223 Å². The summed E-state index contributed by atoms with van der Waals surface area (Å²) in [5.41, 5.74) is 19.8. The van der Waals surface area contributed by atoms with E-state index in [1.165, 1.54) is 87.8 Å². The highest BCUT2D eigenvalue weighted by Crippen LogP contribution is 2.43. The minimum Gasteiger partial charge on any atom is -0.456 e. The summed E-state index contributed by atoms with van der Waals surface area (Å²) in [7, 11) is 0. The number of para-hydroxylation sites is 3. The summed E-state index contributed by atoms with van der Waals surface area (Å²) < 4.78 is 13.6. The van der Waals surface area contributed by atoms with Crippen LogP contribution in [-0.2, 0) is 10.8 Å². The van der Waals surface area contributed by atoms with Crippen LogP contribution in [-0.4, -0.2) is 13.7 Å². The largest absolute Gasteiger partial charge is 0.456 e. The van der Waals surface area contributed by atoms with Crippen molar-refractivity contribution >= 4 is 87.4 Å². The molecule has 14 rings (SSSR count). The maximum atomic E-state index is 6.33. The first-order valence-electron chi connectivity index (χ1n) is 25.2. The molecule has 0 bridgehead atoms. The van der Waals surface area contributed by atoms with Gasteiger partial charge in [-0.2, -0.15) is 0 Å². The van der Waals surface area contributed by atoms with Crippen molar-refractivity contribution in [1.82, 2.24) is 13.7 Å². The Balaban J connectivity index is 0.990. The molecule has 0 atom stereocenters. The molecule has 0 amide bonds. The van der Waals surface area contributed by atoms with Gasteiger partial charge in [0.2, 0.25) is 0 Å². The zero-order valence-corrected chi connectivity index (χ0v) is 41.5. The van der Waals surface area contributed by atoms with Gasteiger partial charge in [-0.15, -0.1) is 0 Å². The molecule has 0 aliphatic rings. The van der Waals surface area contributed by atoms with E-state index in [-0.39, 0.29) is 10.8 Å². The number of furan rings is 1. The predicted molar refractivity (Wildman–Crippen MR) is 305 cm³/mol. The Bertz CT molecular complexity index is 4270. The SMILES string of the molecule is CC(C)(C)c1ccc2c(c1)c1cc(-c3ccc4c(c3)c3cc(-c5ccc6c(c5)c5cc(C(C)(C)C)ccc5n6-c5ccccc5)ccc3n4-c3ccc4oc5ccccc5c4c3)ccc1n2-c1ccccc1. The molecule has 0 spiro atoms. The van der Waals surface area contributed by atoms with E-state index in [1.54, 1.807) is 0 Å². The minimum absolute atomic E-state index is 0.0168. The summed E-state index contributed by atoms with van der Waals surface area (Å²) >= 11 is 0. The molecule has 0 N–H and O–H groups in total. The van der Waals surface area contributed by atoms with Crippen LogP contribution in [0, 0.1) is 0 Å². The normalized spacial score (nSPS) is 12.6. The quantitative estimate of drug-likeness (QED) is 0.169. The van der Waals surface area contributed by atoms with Gasteiger partial charge in [0.15, 0.2) is 0 Å². The Kier molecular flexibility index (Phi) is 9.07. The molecule has 4 nitrogen and oxygen atoms in total. The van der Waals surface area contributed by atoms with E-state index >= 15 is 0 Å². The van der Waals surface area contributed by atoms with Crippen LogP contribution in [0.3, 0.4) is 0 Å². The van der Waals surface area contributed by atoms with Crippen molar-refractivity contribution in [2.24, 2.45) is 0 Å². The van der Waals surface area contributed by atoms with Crippen molar-refractivity contribution in [3.63, 3.8) is 0 Å². The molecule has 4 heterocycles. The van der Waals surface area contributed by atoms with E-state index in [9.17, 15) is 0 Å². The van der Waals surface area contributed by atoms with Gasteiger partial charge in [-0.05, 0) is 166 Å². The molecule has 0 saturated carbocycles. The summed E-state index contributed by atoms with van der Waals surface area (Å²) in [6.07, 6.45) is 0. The summed E-state index contributed by atoms with van der Waals surface area (Å²) in [5.74, 6) is 0. The Labute approximate surface area is 418 Å². The number of hydrogen-bond donors (Lipinski definition) is 0. The third-order valence-electron chi connectivity index (χ3n) is 15.3. The van der Waals surface area contributed by atoms with Crippen molar-refractivity contribution < 1.29 is 4.42 Å². The summed E-state index contributed by atoms with van der Waals surface area (Å²) in [5, 5.41) is 9.69. The molecular weight excluding hydrogens is 875 g/mol. The average molecular weight is 928 g/mol. The fourth-order valence-electron chi connectivity index (χ4n) is 11.6. The molecule has 0 unspecified atom stereocenters. The van der Waals surface area contributed by atoms with Crippen molar-refractivity contribution in [3.8, 4) is 39.3 Å². The summed E-state index contributed by atoms with van der Waals surface area (Å²) in [4.78, 5) is 0. The minimum atomic E-state index is 0.0168. The number of fused-ring (bicyclic) bond motifs is 12. The van der Waals surface area contributed by atoms with Gasteiger partial charge in [0.05, 0.1) is 33.1 Å². The predicted octanol–water partition coefficient (Wildman–Crippen LogP) is 18.8. The first-order chi connectivity index (χ1) is 34.9. The van der Waals surface area contributed by atoms with Crippen LogP contribution < -0.4 is 0 Å². The van der Waals surface area contributed by atoms with Crippen molar-refractivity contribution in [2.45, 2.75) is 52.4 Å². The van der Waals surface area contributed by atoms with E-state index in [2.05, 4.69) is 262 Å². The molecule has 4 aromatic heterocycles. The molecule has 14 aromatic rings. The monoisotopic (exact) mass is 927 g/mol. The lowest BCUT2D eigenvalue weighted by molar-refractivity contribution is 0.591. The first kappa shape index (κ1) is 42.3. The molecular formula is C68H53N3O. The van der Waals surface area contributed by atoms with E-state index < -0.39 is 0 Å². The second-order valence-electron chi connectivity index (χ2n) is 21.8. The lowest BCUT2D eigenvalue weighted by Gasteiger charge is -2.19. The number of benzene rings is 10. The molecule has 0 saturated heterocycles. The number of hydrogen-bond acceptors (Lipinski definition) is 1. The first-order valence-corrected chi connectivity index (χ1v) is 25.2. The fraction of sp³-hybridized carbons (Fsp3) is 0.118.